The summed E-state index contributed by atoms with van der Waals surface area (Å²) in [6.45, 7) is 6.37. The van der Waals surface area contributed by atoms with Crippen LogP contribution in [0.15, 0.2) is 36.4 Å². The molecule has 0 unspecified atom stereocenters. The number of amides is 1. The molecule has 4 rings (SSSR count). The molecule has 1 N–H and O–H groups in total. The van der Waals surface area contributed by atoms with Gasteiger partial charge in [-0.3, -0.25) is 9.48 Å². The molecule has 1 fully saturated rings. The van der Waals surface area contributed by atoms with Gasteiger partial charge in [-0.25, -0.2) is 4.98 Å². The van der Waals surface area contributed by atoms with E-state index in [4.69, 9.17) is 4.98 Å². The fraction of sp³-hybridized carbons (Fsp3) is 0.350. The van der Waals surface area contributed by atoms with Crippen LogP contribution in [-0.2, 0) is 7.05 Å². The number of piperazine rings is 1. The zero-order valence-corrected chi connectivity index (χ0v) is 15.4. The van der Waals surface area contributed by atoms with Crippen molar-refractivity contribution >= 4 is 16.9 Å². The fourth-order valence-corrected chi connectivity index (χ4v) is 3.67. The molecule has 3 aromatic rings. The number of benzene rings is 1. The molecule has 134 valence electrons. The quantitative estimate of drug-likeness (QED) is 0.772. The van der Waals surface area contributed by atoms with Crippen molar-refractivity contribution in [3.05, 3.63) is 47.7 Å². The zero-order valence-electron chi connectivity index (χ0n) is 15.4. The average molecular weight is 349 g/mol. The third-order valence-corrected chi connectivity index (χ3v) is 5.03. The van der Waals surface area contributed by atoms with Crippen molar-refractivity contribution in [2.24, 2.45) is 7.05 Å². The minimum absolute atomic E-state index is 0.0553. The molecule has 1 aliphatic heterocycles. The van der Waals surface area contributed by atoms with Crippen LogP contribution in [0.1, 0.15) is 23.0 Å². The van der Waals surface area contributed by atoms with Crippen LogP contribution in [0.25, 0.3) is 22.3 Å². The highest BCUT2D eigenvalue weighted by molar-refractivity contribution is 6.07. The topological polar surface area (TPSA) is 63.1 Å². The maximum atomic E-state index is 13.4. The molecule has 26 heavy (non-hydrogen) atoms. The van der Waals surface area contributed by atoms with Gasteiger partial charge in [0.1, 0.15) is 0 Å². The summed E-state index contributed by atoms with van der Waals surface area (Å²) in [5, 5.41) is 8.69. The summed E-state index contributed by atoms with van der Waals surface area (Å²) in [5.74, 6) is 0.0553. The first-order chi connectivity index (χ1) is 12.6. The number of fused-ring (bicyclic) bond motifs is 1. The van der Waals surface area contributed by atoms with Crippen molar-refractivity contribution in [2.75, 3.05) is 19.6 Å². The lowest BCUT2D eigenvalue weighted by Crippen LogP contribution is -2.52. The molecular weight excluding hydrogens is 326 g/mol. The summed E-state index contributed by atoms with van der Waals surface area (Å²) in [6, 6.07) is 12.0. The highest BCUT2D eigenvalue weighted by Gasteiger charge is 2.27. The number of pyridine rings is 1. The zero-order chi connectivity index (χ0) is 18.3. The lowest BCUT2D eigenvalue weighted by atomic mass is 10.0. The Hall–Kier alpha value is -2.73. The van der Waals surface area contributed by atoms with Gasteiger partial charge in [-0.1, -0.05) is 30.3 Å². The summed E-state index contributed by atoms with van der Waals surface area (Å²) in [5.41, 5.74) is 4.06. The average Bonchev–Trinajstić information content (AvgIpc) is 2.95. The molecule has 1 atom stereocenters. The summed E-state index contributed by atoms with van der Waals surface area (Å²) in [4.78, 5) is 20.1. The van der Waals surface area contributed by atoms with Crippen LogP contribution in [0.3, 0.4) is 0 Å². The molecular formula is C20H23N5O. The van der Waals surface area contributed by atoms with Crippen LogP contribution in [0.5, 0.6) is 0 Å². The Balaban J connectivity index is 1.90. The van der Waals surface area contributed by atoms with Gasteiger partial charge in [-0.15, -0.1) is 0 Å². The molecule has 0 aliphatic carbocycles. The van der Waals surface area contributed by atoms with Gasteiger partial charge in [0.15, 0.2) is 5.65 Å². The van der Waals surface area contributed by atoms with E-state index in [1.54, 1.807) is 4.68 Å². The molecule has 1 saturated heterocycles. The fourth-order valence-electron chi connectivity index (χ4n) is 3.67. The van der Waals surface area contributed by atoms with Crippen LogP contribution < -0.4 is 5.32 Å². The molecule has 0 saturated carbocycles. The Morgan fingerprint density at radius 3 is 2.77 bits per heavy atom. The SMILES string of the molecule is Cc1nn(C)c2nc(-c3ccccc3)cc(C(=O)N3CCNC[C@H]3C)c12. The second kappa shape index (κ2) is 6.53. The highest BCUT2D eigenvalue weighted by atomic mass is 16.2. The number of carbonyl (C=O) groups is 1. The third-order valence-electron chi connectivity index (χ3n) is 5.03. The minimum atomic E-state index is 0.0553. The summed E-state index contributed by atoms with van der Waals surface area (Å²) < 4.78 is 1.76. The molecule has 1 aromatic carbocycles. The minimum Gasteiger partial charge on any atom is -0.333 e. The first kappa shape index (κ1) is 16.7. The summed E-state index contributed by atoms with van der Waals surface area (Å²) in [7, 11) is 1.87. The van der Waals surface area contributed by atoms with E-state index < -0.39 is 0 Å². The molecule has 0 spiro atoms. The van der Waals surface area contributed by atoms with E-state index in [0.717, 1.165) is 41.1 Å². The number of rotatable bonds is 2. The van der Waals surface area contributed by atoms with E-state index in [2.05, 4.69) is 17.3 Å². The maximum absolute atomic E-state index is 13.4. The number of carbonyl (C=O) groups excluding carboxylic acids is 1. The van der Waals surface area contributed by atoms with Gasteiger partial charge >= 0.3 is 0 Å². The van der Waals surface area contributed by atoms with Crippen LogP contribution in [-0.4, -0.2) is 51.2 Å². The highest BCUT2D eigenvalue weighted by Crippen LogP contribution is 2.28. The molecule has 3 heterocycles. The van der Waals surface area contributed by atoms with Crippen LogP contribution >= 0.6 is 0 Å². The van der Waals surface area contributed by atoms with Crippen molar-refractivity contribution in [1.29, 1.82) is 0 Å². The Kier molecular flexibility index (Phi) is 4.20. The second-order valence-electron chi connectivity index (χ2n) is 6.88. The van der Waals surface area contributed by atoms with Gasteiger partial charge < -0.3 is 10.2 Å². The standard InChI is InChI=1S/C20H23N5O/c1-13-12-21-9-10-25(13)20(26)16-11-17(15-7-5-4-6-8-15)22-19-18(16)14(2)23-24(19)3/h4-8,11,13,21H,9-10,12H2,1-3H3/t13-/m1/s1. The van der Waals surface area contributed by atoms with E-state index in [1.807, 2.05) is 55.3 Å². The predicted molar refractivity (Wildman–Crippen MR) is 102 cm³/mol. The first-order valence-corrected chi connectivity index (χ1v) is 8.97. The molecule has 6 nitrogen and oxygen atoms in total. The number of nitrogens with one attached hydrogen (secondary N) is 1. The Morgan fingerprint density at radius 1 is 1.27 bits per heavy atom. The monoisotopic (exact) mass is 349 g/mol. The molecule has 1 amide bonds. The normalized spacial score (nSPS) is 17.7. The van der Waals surface area contributed by atoms with E-state index in [-0.39, 0.29) is 11.9 Å². The van der Waals surface area contributed by atoms with Crippen LogP contribution in [0.2, 0.25) is 0 Å². The van der Waals surface area contributed by atoms with E-state index in [1.165, 1.54) is 0 Å². The van der Waals surface area contributed by atoms with Crippen molar-refractivity contribution in [1.82, 2.24) is 25.0 Å². The van der Waals surface area contributed by atoms with Crippen LogP contribution in [0.4, 0.5) is 0 Å². The first-order valence-electron chi connectivity index (χ1n) is 8.97. The molecule has 0 bridgehead atoms. The van der Waals surface area contributed by atoms with Gasteiger partial charge in [-0.05, 0) is 19.9 Å². The smallest absolute Gasteiger partial charge is 0.255 e. The van der Waals surface area contributed by atoms with E-state index in [9.17, 15) is 4.79 Å². The molecule has 1 aliphatic rings. The van der Waals surface area contributed by atoms with Gasteiger partial charge in [0.2, 0.25) is 0 Å². The van der Waals surface area contributed by atoms with Crippen molar-refractivity contribution in [3.8, 4) is 11.3 Å². The Labute approximate surface area is 152 Å². The summed E-state index contributed by atoms with van der Waals surface area (Å²) in [6.07, 6.45) is 0. The van der Waals surface area contributed by atoms with Crippen molar-refractivity contribution in [3.63, 3.8) is 0 Å². The van der Waals surface area contributed by atoms with Crippen molar-refractivity contribution < 1.29 is 4.79 Å². The Bertz CT molecular complexity index is 963. The number of hydrogen-bond acceptors (Lipinski definition) is 4. The third kappa shape index (κ3) is 2.76. The van der Waals surface area contributed by atoms with Gasteiger partial charge in [0.25, 0.3) is 5.91 Å². The van der Waals surface area contributed by atoms with Gasteiger partial charge in [-0.2, -0.15) is 5.10 Å². The van der Waals surface area contributed by atoms with Crippen LogP contribution in [0, 0.1) is 6.92 Å². The largest absolute Gasteiger partial charge is 0.333 e. The molecule has 2 aromatic heterocycles. The van der Waals surface area contributed by atoms with E-state index >= 15 is 0 Å². The number of hydrogen-bond donors (Lipinski definition) is 1. The lowest BCUT2D eigenvalue weighted by Gasteiger charge is -2.34. The van der Waals surface area contributed by atoms with E-state index in [0.29, 0.717) is 12.1 Å². The number of aromatic nitrogens is 3. The molecule has 0 radical (unpaired) electrons. The summed E-state index contributed by atoms with van der Waals surface area (Å²) >= 11 is 0. The Morgan fingerprint density at radius 2 is 2.04 bits per heavy atom. The number of aryl methyl sites for hydroxylation is 2. The van der Waals surface area contributed by atoms with Gasteiger partial charge in [0, 0.05) is 38.3 Å². The molecule has 6 heteroatoms. The second-order valence-corrected chi connectivity index (χ2v) is 6.88. The predicted octanol–water partition coefficient (Wildman–Crippen LogP) is 2.38. The lowest BCUT2D eigenvalue weighted by molar-refractivity contribution is 0.0657. The number of nitrogens with zero attached hydrogens (tertiary/aromatic N) is 4. The van der Waals surface area contributed by atoms with Gasteiger partial charge in [0.05, 0.1) is 22.3 Å². The maximum Gasteiger partial charge on any atom is 0.255 e. The van der Waals surface area contributed by atoms with Crippen molar-refractivity contribution in [2.45, 2.75) is 19.9 Å².